The molecule has 100 valence electrons. The molecule has 0 aliphatic carbocycles. The minimum absolute atomic E-state index is 0.0702. The van der Waals surface area contributed by atoms with Crippen LogP contribution in [0.15, 0.2) is 0 Å². The van der Waals surface area contributed by atoms with Crippen LogP contribution in [0.3, 0.4) is 0 Å². The summed E-state index contributed by atoms with van der Waals surface area (Å²) in [5.74, 6) is 4.97. The molecule has 5 heteroatoms. The molecule has 1 saturated heterocycles. The van der Waals surface area contributed by atoms with Crippen molar-refractivity contribution in [3.05, 3.63) is 0 Å². The second-order valence-electron chi connectivity index (χ2n) is 4.82. The largest absolute Gasteiger partial charge is 0.303 e. The molecule has 0 atom stereocenters. The number of hydrogen-bond donors (Lipinski definition) is 2. The van der Waals surface area contributed by atoms with E-state index in [9.17, 15) is 4.79 Å². The number of rotatable bonds is 6. The first kappa shape index (κ1) is 14.4. The SMILES string of the molecule is CCN1CCC(N(C)CCCC(=O)NN)CC1. The number of nitrogens with zero attached hydrogens (tertiary/aromatic N) is 2. The van der Waals surface area contributed by atoms with Gasteiger partial charge in [0.25, 0.3) is 0 Å². The molecule has 0 aromatic carbocycles. The molecule has 1 aliphatic heterocycles. The van der Waals surface area contributed by atoms with Crippen molar-refractivity contribution in [1.29, 1.82) is 0 Å². The van der Waals surface area contributed by atoms with E-state index in [-0.39, 0.29) is 5.91 Å². The van der Waals surface area contributed by atoms with Crippen LogP contribution in [0.5, 0.6) is 0 Å². The third kappa shape index (κ3) is 5.02. The van der Waals surface area contributed by atoms with E-state index in [1.807, 2.05) is 0 Å². The van der Waals surface area contributed by atoms with Gasteiger partial charge in [-0.3, -0.25) is 10.2 Å². The number of carbonyl (C=O) groups is 1. The summed E-state index contributed by atoms with van der Waals surface area (Å²) in [5, 5.41) is 0. The van der Waals surface area contributed by atoms with Crippen molar-refractivity contribution in [2.24, 2.45) is 5.84 Å². The minimum atomic E-state index is -0.0702. The third-order valence-corrected chi connectivity index (χ3v) is 3.70. The Labute approximate surface area is 104 Å². The first-order chi connectivity index (χ1) is 8.17. The van der Waals surface area contributed by atoms with Gasteiger partial charge in [0, 0.05) is 12.5 Å². The zero-order valence-corrected chi connectivity index (χ0v) is 11.1. The Kier molecular flexibility index (Phi) is 6.47. The molecule has 0 radical (unpaired) electrons. The number of nitrogens with one attached hydrogen (secondary N) is 1. The quantitative estimate of drug-likeness (QED) is 0.396. The van der Waals surface area contributed by atoms with E-state index in [1.165, 1.54) is 25.9 Å². The van der Waals surface area contributed by atoms with Gasteiger partial charge in [0.05, 0.1) is 0 Å². The Morgan fingerprint density at radius 2 is 2.12 bits per heavy atom. The summed E-state index contributed by atoms with van der Waals surface area (Å²) in [6.07, 6.45) is 3.89. The van der Waals surface area contributed by atoms with E-state index in [4.69, 9.17) is 5.84 Å². The summed E-state index contributed by atoms with van der Waals surface area (Å²) in [6, 6.07) is 0.679. The number of nitrogens with two attached hydrogens (primary N) is 1. The number of likely N-dealkylation sites (tertiary alicyclic amines) is 1. The number of piperidine rings is 1. The lowest BCUT2D eigenvalue weighted by Crippen LogP contribution is -2.43. The van der Waals surface area contributed by atoms with Crippen molar-refractivity contribution in [3.8, 4) is 0 Å². The molecule has 0 unspecified atom stereocenters. The van der Waals surface area contributed by atoms with Gasteiger partial charge >= 0.3 is 0 Å². The van der Waals surface area contributed by atoms with Gasteiger partial charge in [-0.1, -0.05) is 6.92 Å². The Morgan fingerprint density at radius 3 is 2.65 bits per heavy atom. The smallest absolute Gasteiger partial charge is 0.233 e. The van der Waals surface area contributed by atoms with Crippen molar-refractivity contribution < 1.29 is 4.79 Å². The van der Waals surface area contributed by atoms with Crippen LogP contribution in [-0.2, 0) is 4.79 Å². The molecule has 1 amide bonds. The standard InChI is InChI=1S/C12H26N4O/c1-3-16-9-6-11(7-10-16)15(2)8-4-5-12(17)14-13/h11H,3-10,13H2,1-2H3,(H,14,17). The first-order valence-electron chi connectivity index (χ1n) is 6.59. The van der Waals surface area contributed by atoms with Crippen LogP contribution >= 0.6 is 0 Å². The topological polar surface area (TPSA) is 61.6 Å². The molecule has 0 saturated carbocycles. The average molecular weight is 242 g/mol. The van der Waals surface area contributed by atoms with Crippen LogP contribution in [0, 0.1) is 0 Å². The fraction of sp³-hybridized carbons (Fsp3) is 0.917. The maximum Gasteiger partial charge on any atom is 0.233 e. The van der Waals surface area contributed by atoms with Crippen LogP contribution in [0.1, 0.15) is 32.6 Å². The maximum atomic E-state index is 11.0. The summed E-state index contributed by atoms with van der Waals surface area (Å²) in [4.78, 5) is 15.9. The molecule has 0 aromatic rings. The average Bonchev–Trinajstić information content (AvgIpc) is 2.38. The number of hydrogen-bond acceptors (Lipinski definition) is 4. The van der Waals surface area contributed by atoms with Gasteiger partial charge in [-0.15, -0.1) is 0 Å². The van der Waals surface area contributed by atoms with Gasteiger partial charge in [-0.25, -0.2) is 5.84 Å². The van der Waals surface area contributed by atoms with Crippen LogP contribution in [-0.4, -0.2) is 55.0 Å². The zero-order chi connectivity index (χ0) is 12.7. The number of carbonyl (C=O) groups excluding carboxylic acids is 1. The van der Waals surface area contributed by atoms with Crippen molar-refractivity contribution in [2.45, 2.75) is 38.6 Å². The Balaban J connectivity index is 2.15. The molecule has 1 heterocycles. The lowest BCUT2D eigenvalue weighted by atomic mass is 10.0. The summed E-state index contributed by atoms with van der Waals surface area (Å²) in [6.45, 7) is 6.76. The zero-order valence-electron chi connectivity index (χ0n) is 11.1. The maximum absolute atomic E-state index is 11.0. The second-order valence-corrected chi connectivity index (χ2v) is 4.82. The molecule has 17 heavy (non-hydrogen) atoms. The summed E-state index contributed by atoms with van der Waals surface area (Å²) >= 11 is 0. The van der Waals surface area contributed by atoms with E-state index in [2.05, 4.69) is 29.2 Å². The van der Waals surface area contributed by atoms with Gasteiger partial charge < -0.3 is 9.80 Å². The van der Waals surface area contributed by atoms with E-state index in [0.29, 0.717) is 12.5 Å². The molecular formula is C12H26N4O. The highest BCUT2D eigenvalue weighted by Crippen LogP contribution is 2.15. The predicted molar refractivity (Wildman–Crippen MR) is 69.3 cm³/mol. The normalized spacial score (nSPS) is 18.6. The second kappa shape index (κ2) is 7.63. The van der Waals surface area contributed by atoms with Crippen LogP contribution in [0.2, 0.25) is 0 Å². The summed E-state index contributed by atoms with van der Waals surface area (Å²) in [5.41, 5.74) is 2.17. The Bertz CT molecular complexity index is 227. The van der Waals surface area contributed by atoms with Gasteiger partial charge in [0.1, 0.15) is 0 Å². The molecule has 0 bridgehead atoms. The van der Waals surface area contributed by atoms with Gasteiger partial charge in [0.15, 0.2) is 0 Å². The lowest BCUT2D eigenvalue weighted by molar-refractivity contribution is -0.121. The molecule has 1 fully saturated rings. The van der Waals surface area contributed by atoms with E-state index in [0.717, 1.165) is 19.5 Å². The molecular weight excluding hydrogens is 216 g/mol. The van der Waals surface area contributed by atoms with Crippen molar-refractivity contribution in [3.63, 3.8) is 0 Å². The summed E-state index contributed by atoms with van der Waals surface area (Å²) in [7, 11) is 2.16. The lowest BCUT2D eigenvalue weighted by Gasteiger charge is -2.36. The van der Waals surface area contributed by atoms with Crippen molar-refractivity contribution >= 4 is 5.91 Å². The van der Waals surface area contributed by atoms with Crippen LogP contribution in [0.25, 0.3) is 0 Å². The highest BCUT2D eigenvalue weighted by molar-refractivity contribution is 5.75. The molecule has 0 spiro atoms. The van der Waals surface area contributed by atoms with E-state index < -0.39 is 0 Å². The number of hydrazine groups is 1. The summed E-state index contributed by atoms with van der Waals surface area (Å²) < 4.78 is 0. The highest BCUT2D eigenvalue weighted by Gasteiger charge is 2.21. The van der Waals surface area contributed by atoms with Crippen molar-refractivity contribution in [2.75, 3.05) is 33.2 Å². The molecule has 1 aliphatic rings. The molecule has 5 nitrogen and oxygen atoms in total. The number of amides is 1. The van der Waals surface area contributed by atoms with Gasteiger partial charge in [-0.2, -0.15) is 0 Å². The molecule has 1 rings (SSSR count). The fourth-order valence-electron chi connectivity index (χ4n) is 2.42. The van der Waals surface area contributed by atoms with Crippen LogP contribution < -0.4 is 11.3 Å². The molecule has 3 N–H and O–H groups in total. The van der Waals surface area contributed by atoms with Gasteiger partial charge in [-0.05, 0) is 52.5 Å². The first-order valence-corrected chi connectivity index (χ1v) is 6.59. The predicted octanol–water partition coefficient (Wildman–Crippen LogP) is 0.173. The minimum Gasteiger partial charge on any atom is -0.303 e. The monoisotopic (exact) mass is 242 g/mol. The Morgan fingerprint density at radius 1 is 1.47 bits per heavy atom. The third-order valence-electron chi connectivity index (χ3n) is 3.70. The molecule has 0 aromatic heterocycles. The van der Waals surface area contributed by atoms with Crippen LogP contribution in [0.4, 0.5) is 0 Å². The van der Waals surface area contributed by atoms with E-state index >= 15 is 0 Å². The van der Waals surface area contributed by atoms with E-state index in [1.54, 1.807) is 0 Å². The van der Waals surface area contributed by atoms with Crippen molar-refractivity contribution in [1.82, 2.24) is 15.2 Å². The van der Waals surface area contributed by atoms with Gasteiger partial charge in [0.2, 0.25) is 5.91 Å². The Hall–Kier alpha value is -0.650. The fourth-order valence-corrected chi connectivity index (χ4v) is 2.42. The highest BCUT2D eigenvalue weighted by atomic mass is 16.2.